The highest BCUT2D eigenvalue weighted by Crippen LogP contribution is 2.16. The average molecular weight is 204 g/mol. The van der Waals surface area contributed by atoms with E-state index in [1.807, 2.05) is 12.1 Å². The molecule has 0 amide bonds. The minimum absolute atomic E-state index is 0.717. The molecule has 0 saturated carbocycles. The highest BCUT2D eigenvalue weighted by molar-refractivity contribution is 7.12. The van der Waals surface area contributed by atoms with Gasteiger partial charge in [-0.05, 0) is 12.1 Å². The molecule has 2 rings (SSSR count). The Morgan fingerprint density at radius 2 is 2.50 bits per heavy atom. The van der Waals surface area contributed by atoms with Crippen molar-refractivity contribution < 1.29 is 0 Å². The molecule has 2 aromatic rings. The first kappa shape index (κ1) is 8.78. The first-order chi connectivity index (χ1) is 6.88. The second kappa shape index (κ2) is 3.94. The fourth-order valence-electron chi connectivity index (χ4n) is 1.07. The van der Waals surface area contributed by atoms with Crippen molar-refractivity contribution in [2.45, 2.75) is 6.54 Å². The molecule has 2 N–H and O–H groups in total. The third-order valence-electron chi connectivity index (χ3n) is 1.72. The van der Waals surface area contributed by atoms with Gasteiger partial charge in [0.05, 0.1) is 19.1 Å². The van der Waals surface area contributed by atoms with E-state index in [0.717, 1.165) is 15.6 Å². The first-order valence-electron chi connectivity index (χ1n) is 4.09. The van der Waals surface area contributed by atoms with Crippen molar-refractivity contribution in [2.24, 2.45) is 0 Å². The lowest BCUT2D eigenvalue weighted by Gasteiger charge is -1.99. The number of hydrogen-bond acceptors (Lipinski definition) is 4. The summed E-state index contributed by atoms with van der Waals surface area (Å²) in [4.78, 5) is 8.71. The molecule has 70 valence electrons. The molecule has 14 heavy (non-hydrogen) atoms. The van der Waals surface area contributed by atoms with Gasteiger partial charge in [0, 0.05) is 4.88 Å². The summed E-state index contributed by atoms with van der Waals surface area (Å²) in [6, 6.07) is 5.89. The van der Waals surface area contributed by atoms with Gasteiger partial charge < -0.3 is 10.3 Å². The molecule has 0 atom stereocenters. The fraction of sp³-hybridized carbons (Fsp3) is 0.111. The number of aromatic amines is 1. The van der Waals surface area contributed by atoms with Crippen molar-refractivity contribution in [3.8, 4) is 6.07 Å². The Balaban J connectivity index is 1.96. The number of nitriles is 1. The van der Waals surface area contributed by atoms with Gasteiger partial charge in [-0.15, -0.1) is 11.3 Å². The predicted molar refractivity (Wildman–Crippen MR) is 54.9 cm³/mol. The van der Waals surface area contributed by atoms with Crippen molar-refractivity contribution >= 4 is 17.2 Å². The van der Waals surface area contributed by atoms with Crippen molar-refractivity contribution in [3.05, 3.63) is 34.4 Å². The van der Waals surface area contributed by atoms with Gasteiger partial charge in [0.25, 0.3) is 0 Å². The number of imidazole rings is 1. The summed E-state index contributed by atoms with van der Waals surface area (Å²) in [7, 11) is 0. The summed E-state index contributed by atoms with van der Waals surface area (Å²) in [5.74, 6) is 0.886. The third-order valence-corrected chi connectivity index (χ3v) is 2.71. The van der Waals surface area contributed by atoms with E-state index in [2.05, 4.69) is 21.4 Å². The van der Waals surface area contributed by atoms with Crippen LogP contribution in [-0.4, -0.2) is 9.97 Å². The topological polar surface area (TPSA) is 64.5 Å². The Labute approximate surface area is 85.2 Å². The molecule has 0 unspecified atom stereocenters. The van der Waals surface area contributed by atoms with Gasteiger partial charge in [-0.25, -0.2) is 4.98 Å². The molecular formula is C9H8N4S. The van der Waals surface area contributed by atoms with Gasteiger partial charge >= 0.3 is 0 Å². The van der Waals surface area contributed by atoms with E-state index in [1.165, 1.54) is 11.3 Å². The number of thiophene rings is 1. The van der Waals surface area contributed by atoms with E-state index in [9.17, 15) is 0 Å². The van der Waals surface area contributed by atoms with Gasteiger partial charge in [0.1, 0.15) is 16.8 Å². The maximum Gasteiger partial charge on any atom is 0.123 e. The molecule has 0 fully saturated rings. The fourth-order valence-corrected chi connectivity index (χ4v) is 1.81. The second-order valence-electron chi connectivity index (χ2n) is 2.70. The van der Waals surface area contributed by atoms with Crippen LogP contribution >= 0.6 is 11.3 Å². The van der Waals surface area contributed by atoms with E-state index in [1.54, 1.807) is 12.5 Å². The van der Waals surface area contributed by atoms with E-state index in [-0.39, 0.29) is 0 Å². The predicted octanol–water partition coefficient (Wildman–Crippen LogP) is 1.95. The van der Waals surface area contributed by atoms with Crippen LogP contribution in [0.4, 0.5) is 5.82 Å². The van der Waals surface area contributed by atoms with Crippen LogP contribution in [0.3, 0.4) is 0 Å². The number of nitrogens with one attached hydrogen (secondary N) is 2. The summed E-state index contributed by atoms with van der Waals surface area (Å²) >= 11 is 1.50. The van der Waals surface area contributed by atoms with E-state index >= 15 is 0 Å². The monoisotopic (exact) mass is 204 g/mol. The first-order valence-corrected chi connectivity index (χ1v) is 4.91. The minimum atomic E-state index is 0.717. The Morgan fingerprint density at radius 3 is 3.14 bits per heavy atom. The smallest absolute Gasteiger partial charge is 0.123 e. The molecule has 0 aliphatic rings. The zero-order valence-corrected chi connectivity index (χ0v) is 8.14. The lowest BCUT2D eigenvalue weighted by molar-refractivity contribution is 1.16. The summed E-state index contributed by atoms with van der Waals surface area (Å²) in [5.41, 5.74) is 0. The Morgan fingerprint density at radius 1 is 1.57 bits per heavy atom. The normalized spacial score (nSPS) is 9.64. The molecule has 0 radical (unpaired) electrons. The number of anilines is 1. The molecular weight excluding hydrogens is 196 g/mol. The number of H-pyrrole nitrogens is 1. The molecule has 0 spiro atoms. The van der Waals surface area contributed by atoms with Gasteiger partial charge in [-0.2, -0.15) is 5.26 Å². The zero-order chi connectivity index (χ0) is 9.80. The number of aromatic nitrogens is 2. The van der Waals surface area contributed by atoms with Crippen molar-refractivity contribution in [1.82, 2.24) is 9.97 Å². The van der Waals surface area contributed by atoms with Gasteiger partial charge in [-0.3, -0.25) is 0 Å². The van der Waals surface area contributed by atoms with Crippen LogP contribution in [0.1, 0.15) is 9.75 Å². The number of rotatable bonds is 3. The highest BCUT2D eigenvalue weighted by Gasteiger charge is 1.99. The lowest BCUT2D eigenvalue weighted by Crippen LogP contribution is -1.96. The highest BCUT2D eigenvalue weighted by atomic mass is 32.1. The van der Waals surface area contributed by atoms with E-state index in [4.69, 9.17) is 5.26 Å². The molecule has 0 aliphatic heterocycles. The number of hydrogen-bond donors (Lipinski definition) is 2. The standard InChI is InChI=1S/C9H8N4S/c10-3-7-1-2-8(14-7)4-12-9-5-11-6-13-9/h1-2,5-6,12H,4H2,(H,11,13). The molecule has 0 aliphatic carbocycles. The average Bonchev–Trinajstić information content (AvgIpc) is 2.86. The Hall–Kier alpha value is -1.80. The molecule has 0 aromatic carbocycles. The molecule has 2 heterocycles. The SMILES string of the molecule is N#Cc1ccc(CNc2cnc[nH]2)s1. The largest absolute Gasteiger partial charge is 0.365 e. The van der Waals surface area contributed by atoms with Crippen LogP contribution in [0.15, 0.2) is 24.7 Å². The van der Waals surface area contributed by atoms with E-state index in [0.29, 0.717) is 6.54 Å². The van der Waals surface area contributed by atoms with Crippen LogP contribution in [0, 0.1) is 11.3 Å². The van der Waals surface area contributed by atoms with Gasteiger partial charge in [0.15, 0.2) is 0 Å². The van der Waals surface area contributed by atoms with Crippen molar-refractivity contribution in [2.75, 3.05) is 5.32 Å². The lowest BCUT2D eigenvalue weighted by atomic mass is 10.4. The van der Waals surface area contributed by atoms with Gasteiger partial charge in [0.2, 0.25) is 0 Å². The molecule has 0 saturated heterocycles. The summed E-state index contributed by atoms with van der Waals surface area (Å²) < 4.78 is 0. The number of nitrogens with zero attached hydrogens (tertiary/aromatic N) is 2. The summed E-state index contributed by atoms with van der Waals surface area (Å²) in [6.07, 6.45) is 3.34. The van der Waals surface area contributed by atoms with Crippen molar-refractivity contribution in [3.63, 3.8) is 0 Å². The maximum absolute atomic E-state index is 8.63. The summed E-state index contributed by atoms with van der Waals surface area (Å²) in [6.45, 7) is 0.717. The minimum Gasteiger partial charge on any atom is -0.365 e. The van der Waals surface area contributed by atoms with E-state index < -0.39 is 0 Å². The third kappa shape index (κ3) is 1.92. The van der Waals surface area contributed by atoms with Crippen LogP contribution < -0.4 is 5.32 Å². The van der Waals surface area contributed by atoms with Crippen molar-refractivity contribution in [1.29, 1.82) is 5.26 Å². The van der Waals surface area contributed by atoms with Crippen LogP contribution in [-0.2, 0) is 6.54 Å². The summed E-state index contributed by atoms with van der Waals surface area (Å²) in [5, 5.41) is 11.8. The zero-order valence-electron chi connectivity index (χ0n) is 7.32. The Kier molecular flexibility index (Phi) is 2.47. The second-order valence-corrected chi connectivity index (χ2v) is 3.86. The van der Waals surface area contributed by atoms with Crippen LogP contribution in [0.25, 0.3) is 0 Å². The molecule has 4 nitrogen and oxygen atoms in total. The molecule has 5 heteroatoms. The molecule has 0 bridgehead atoms. The van der Waals surface area contributed by atoms with Crippen LogP contribution in [0.2, 0.25) is 0 Å². The van der Waals surface area contributed by atoms with Crippen LogP contribution in [0.5, 0.6) is 0 Å². The Bertz CT molecular complexity index is 438. The quantitative estimate of drug-likeness (QED) is 0.803. The maximum atomic E-state index is 8.63. The molecule has 2 aromatic heterocycles. The van der Waals surface area contributed by atoms with Gasteiger partial charge in [-0.1, -0.05) is 0 Å².